The largest absolute Gasteiger partial charge is 0.291 e. The minimum atomic E-state index is -0.300. The van der Waals surface area contributed by atoms with E-state index in [9.17, 15) is 14.4 Å². The van der Waals surface area contributed by atoms with Crippen LogP contribution in [0.15, 0.2) is 58.5 Å². The van der Waals surface area contributed by atoms with Crippen LogP contribution in [-0.2, 0) is 19.2 Å². The molecular weight excluding hydrogens is 361 g/mol. The number of aryl methyl sites for hydroxylation is 1. The molecule has 4 nitrogen and oxygen atoms in total. The van der Waals surface area contributed by atoms with Gasteiger partial charge in [0.1, 0.15) is 5.82 Å². The quantitative estimate of drug-likeness (QED) is 0.497. The third kappa shape index (κ3) is 4.26. The maximum absolute atomic E-state index is 13.1. The van der Waals surface area contributed by atoms with E-state index in [-0.39, 0.29) is 11.4 Å². The lowest BCUT2D eigenvalue weighted by Crippen LogP contribution is -2.25. The van der Waals surface area contributed by atoms with Crippen LogP contribution in [0.5, 0.6) is 0 Å². The molecule has 0 bridgehead atoms. The molecule has 0 aliphatic rings. The van der Waals surface area contributed by atoms with E-state index in [1.165, 1.54) is 28.5 Å². The predicted molar refractivity (Wildman–Crippen MR) is 104 cm³/mol. The zero-order valence-corrected chi connectivity index (χ0v) is 15.9. The van der Waals surface area contributed by atoms with Crippen molar-refractivity contribution in [3.05, 3.63) is 92.6 Å². The molecule has 0 N–H and O–H groups in total. The Bertz CT molecular complexity index is 1070. The first-order chi connectivity index (χ1) is 13.0. The number of thioether (sulfide) groups is 1. The Morgan fingerprint density at radius 2 is 1.89 bits per heavy atom. The smallest absolute Gasteiger partial charge is 0.257 e. The number of nitriles is 1. The standard InChI is InChI=1S/C21H18FN3OS/c1-14-19(11-15-7-9-18(22)10-8-15)20(26)25(2)21(24-14)27-13-17-6-4-3-5-16(17)12-23/h3-10H,11,13H2,1-2H3. The Morgan fingerprint density at radius 3 is 2.59 bits per heavy atom. The van der Waals surface area contributed by atoms with Gasteiger partial charge in [0.2, 0.25) is 0 Å². The predicted octanol–water partition coefficient (Wildman–Crippen LogP) is 3.98. The highest BCUT2D eigenvalue weighted by Crippen LogP contribution is 2.23. The van der Waals surface area contributed by atoms with Gasteiger partial charge in [0.15, 0.2) is 5.16 Å². The van der Waals surface area contributed by atoms with Gasteiger partial charge in [0.25, 0.3) is 5.56 Å². The molecular formula is C21H18FN3OS. The van der Waals surface area contributed by atoms with Crippen LogP contribution in [0.25, 0.3) is 0 Å². The van der Waals surface area contributed by atoms with Crippen LogP contribution < -0.4 is 5.56 Å². The van der Waals surface area contributed by atoms with Gasteiger partial charge in [-0.25, -0.2) is 9.37 Å². The summed E-state index contributed by atoms with van der Waals surface area (Å²) in [5.74, 6) is 0.256. The number of nitrogens with zero attached hydrogens (tertiary/aromatic N) is 3. The SMILES string of the molecule is Cc1nc(SCc2ccccc2C#N)n(C)c(=O)c1Cc1ccc(F)cc1. The van der Waals surface area contributed by atoms with Crippen molar-refractivity contribution in [2.75, 3.05) is 0 Å². The molecule has 1 aromatic heterocycles. The van der Waals surface area contributed by atoms with Gasteiger partial charge < -0.3 is 0 Å². The fourth-order valence-corrected chi connectivity index (χ4v) is 3.78. The molecule has 0 saturated carbocycles. The van der Waals surface area contributed by atoms with Crippen molar-refractivity contribution >= 4 is 11.8 Å². The summed E-state index contributed by atoms with van der Waals surface area (Å²) in [6.07, 6.45) is 0.411. The van der Waals surface area contributed by atoms with Crippen molar-refractivity contribution in [3.63, 3.8) is 0 Å². The second-order valence-corrected chi connectivity index (χ2v) is 7.13. The summed E-state index contributed by atoms with van der Waals surface area (Å²) in [5, 5.41) is 9.80. The highest BCUT2D eigenvalue weighted by atomic mass is 32.2. The Hall–Kier alpha value is -2.91. The molecule has 6 heteroatoms. The highest BCUT2D eigenvalue weighted by molar-refractivity contribution is 7.98. The van der Waals surface area contributed by atoms with E-state index >= 15 is 0 Å². The van der Waals surface area contributed by atoms with Crippen LogP contribution in [0, 0.1) is 24.1 Å². The van der Waals surface area contributed by atoms with Crippen LogP contribution in [0.3, 0.4) is 0 Å². The number of hydrogen-bond acceptors (Lipinski definition) is 4. The van der Waals surface area contributed by atoms with Crippen molar-refractivity contribution in [1.82, 2.24) is 9.55 Å². The number of halogens is 1. The monoisotopic (exact) mass is 379 g/mol. The van der Waals surface area contributed by atoms with Crippen LogP contribution in [0.1, 0.15) is 27.9 Å². The summed E-state index contributed by atoms with van der Waals surface area (Å²) in [6.45, 7) is 1.81. The van der Waals surface area contributed by atoms with Crippen molar-refractivity contribution in [2.24, 2.45) is 7.05 Å². The van der Waals surface area contributed by atoms with Gasteiger partial charge in [-0.3, -0.25) is 9.36 Å². The van der Waals surface area contributed by atoms with E-state index < -0.39 is 0 Å². The Labute approximate surface area is 161 Å². The zero-order valence-electron chi connectivity index (χ0n) is 15.1. The molecule has 0 spiro atoms. The molecule has 0 amide bonds. The van der Waals surface area contributed by atoms with Gasteiger partial charge in [0, 0.05) is 30.5 Å². The molecule has 0 radical (unpaired) electrons. The summed E-state index contributed by atoms with van der Waals surface area (Å²) in [5.41, 5.74) is 3.56. The minimum absolute atomic E-state index is 0.108. The fraction of sp³-hybridized carbons (Fsp3) is 0.190. The van der Waals surface area contributed by atoms with E-state index in [4.69, 9.17) is 0 Å². The van der Waals surface area contributed by atoms with Crippen LogP contribution in [0.4, 0.5) is 4.39 Å². The lowest BCUT2D eigenvalue weighted by Gasteiger charge is -2.12. The first-order valence-corrected chi connectivity index (χ1v) is 9.40. The van der Waals surface area contributed by atoms with Gasteiger partial charge >= 0.3 is 0 Å². The van der Waals surface area contributed by atoms with E-state index in [0.717, 1.165) is 11.1 Å². The summed E-state index contributed by atoms with van der Waals surface area (Å²) in [4.78, 5) is 17.4. The van der Waals surface area contributed by atoms with E-state index in [2.05, 4.69) is 11.1 Å². The van der Waals surface area contributed by atoms with Gasteiger partial charge in [-0.1, -0.05) is 42.1 Å². The molecule has 0 aliphatic carbocycles. The lowest BCUT2D eigenvalue weighted by atomic mass is 10.1. The van der Waals surface area contributed by atoms with Crippen molar-refractivity contribution in [1.29, 1.82) is 5.26 Å². The summed E-state index contributed by atoms with van der Waals surface area (Å²) in [7, 11) is 1.70. The van der Waals surface area contributed by atoms with Crippen molar-refractivity contribution in [3.8, 4) is 6.07 Å². The zero-order chi connectivity index (χ0) is 19.4. The van der Waals surface area contributed by atoms with E-state index in [1.807, 2.05) is 25.1 Å². The molecule has 0 unspecified atom stereocenters. The van der Waals surface area contributed by atoms with Gasteiger partial charge in [-0.15, -0.1) is 0 Å². The van der Waals surface area contributed by atoms with Crippen molar-refractivity contribution in [2.45, 2.75) is 24.3 Å². The van der Waals surface area contributed by atoms with Gasteiger partial charge in [0.05, 0.1) is 11.6 Å². The van der Waals surface area contributed by atoms with E-state index in [1.54, 1.807) is 25.2 Å². The topological polar surface area (TPSA) is 58.7 Å². The molecule has 3 aromatic rings. The first kappa shape index (κ1) is 18.9. The maximum atomic E-state index is 13.1. The van der Waals surface area contributed by atoms with Crippen molar-refractivity contribution < 1.29 is 4.39 Å². The Balaban J connectivity index is 1.85. The average Bonchev–Trinajstić information content (AvgIpc) is 2.68. The van der Waals surface area contributed by atoms with Crippen LogP contribution in [-0.4, -0.2) is 9.55 Å². The van der Waals surface area contributed by atoms with Crippen LogP contribution >= 0.6 is 11.8 Å². The molecule has 0 fully saturated rings. The third-order valence-electron chi connectivity index (χ3n) is 4.34. The third-order valence-corrected chi connectivity index (χ3v) is 5.42. The molecule has 2 aromatic carbocycles. The normalized spacial score (nSPS) is 10.6. The molecule has 27 heavy (non-hydrogen) atoms. The summed E-state index contributed by atoms with van der Waals surface area (Å²) >= 11 is 1.43. The summed E-state index contributed by atoms with van der Waals surface area (Å²) < 4.78 is 14.6. The minimum Gasteiger partial charge on any atom is -0.291 e. The number of hydrogen-bond donors (Lipinski definition) is 0. The van der Waals surface area contributed by atoms with E-state index in [0.29, 0.717) is 34.2 Å². The van der Waals surface area contributed by atoms with Gasteiger partial charge in [-0.2, -0.15) is 5.26 Å². The molecule has 0 atom stereocenters. The van der Waals surface area contributed by atoms with Gasteiger partial charge in [-0.05, 0) is 36.2 Å². The number of benzene rings is 2. The first-order valence-electron chi connectivity index (χ1n) is 8.41. The molecule has 136 valence electrons. The van der Waals surface area contributed by atoms with Crippen LogP contribution in [0.2, 0.25) is 0 Å². The second kappa shape index (κ2) is 8.19. The molecule has 1 heterocycles. The molecule has 3 rings (SSSR count). The summed E-state index contributed by atoms with van der Waals surface area (Å²) in [6, 6.07) is 15.7. The number of rotatable bonds is 5. The highest BCUT2D eigenvalue weighted by Gasteiger charge is 2.14. The molecule has 0 aliphatic heterocycles. The Kier molecular flexibility index (Phi) is 5.72. The average molecular weight is 379 g/mol. The fourth-order valence-electron chi connectivity index (χ4n) is 2.77. The number of aromatic nitrogens is 2. The molecule has 0 saturated heterocycles. The Morgan fingerprint density at radius 1 is 1.19 bits per heavy atom. The lowest BCUT2D eigenvalue weighted by molar-refractivity contribution is 0.627. The maximum Gasteiger partial charge on any atom is 0.257 e. The second-order valence-electron chi connectivity index (χ2n) is 6.18.